The van der Waals surface area contributed by atoms with Crippen LogP contribution in [-0.2, 0) is 10.5 Å². The fourth-order valence-corrected chi connectivity index (χ4v) is 3.42. The number of anilines is 2. The number of hydrogen-bond acceptors (Lipinski definition) is 7. The highest BCUT2D eigenvalue weighted by Crippen LogP contribution is 2.39. The Hall–Kier alpha value is -3.24. The molecule has 0 unspecified atom stereocenters. The van der Waals surface area contributed by atoms with Gasteiger partial charge in [0.05, 0.1) is 25.5 Å². The monoisotopic (exact) mass is 393 g/mol. The minimum absolute atomic E-state index is 0.0753. The van der Waals surface area contributed by atoms with E-state index in [1.165, 1.54) is 18.0 Å². The first-order valence-electron chi connectivity index (χ1n) is 8.50. The summed E-state index contributed by atoms with van der Waals surface area (Å²) in [6.07, 6.45) is 1.52. The maximum absolute atomic E-state index is 11.2. The van der Waals surface area contributed by atoms with E-state index in [0.29, 0.717) is 34.0 Å². The largest absolute Gasteiger partial charge is 0.493 e. The zero-order valence-corrected chi connectivity index (χ0v) is 16.6. The van der Waals surface area contributed by atoms with E-state index < -0.39 is 0 Å². The van der Waals surface area contributed by atoms with Crippen LogP contribution in [0.15, 0.2) is 42.6 Å². The number of nitrogens with zero attached hydrogens (tertiary/aromatic N) is 2. The molecule has 1 N–H and O–H groups in total. The minimum Gasteiger partial charge on any atom is -0.493 e. The third-order valence-corrected chi connectivity index (χ3v) is 5.02. The number of thioether (sulfide) groups is 1. The molecule has 0 aliphatic heterocycles. The van der Waals surface area contributed by atoms with E-state index in [1.54, 1.807) is 27.2 Å². The topological polar surface area (TPSA) is 84.2 Å². The van der Waals surface area contributed by atoms with Crippen molar-refractivity contribution in [1.29, 1.82) is 5.26 Å². The van der Waals surface area contributed by atoms with Crippen LogP contribution in [0.25, 0.3) is 10.9 Å². The first kappa shape index (κ1) is 19.5. The number of pyridine rings is 1. The van der Waals surface area contributed by atoms with Crippen LogP contribution < -0.4 is 14.8 Å². The molecule has 0 aliphatic rings. The van der Waals surface area contributed by atoms with Gasteiger partial charge in [0.25, 0.3) is 0 Å². The normalized spacial score (nSPS) is 10.4. The third kappa shape index (κ3) is 4.02. The second kappa shape index (κ2) is 8.63. The summed E-state index contributed by atoms with van der Waals surface area (Å²) in [6, 6.07) is 13.6. The van der Waals surface area contributed by atoms with Crippen LogP contribution in [0, 0.1) is 11.3 Å². The number of rotatable bonds is 6. The van der Waals surface area contributed by atoms with Crippen molar-refractivity contribution in [1.82, 2.24) is 4.98 Å². The lowest BCUT2D eigenvalue weighted by Crippen LogP contribution is -2.00. The van der Waals surface area contributed by atoms with Gasteiger partial charge in [-0.05, 0) is 29.8 Å². The summed E-state index contributed by atoms with van der Waals surface area (Å²) < 4.78 is 10.8. The van der Waals surface area contributed by atoms with Crippen molar-refractivity contribution in [2.75, 3.05) is 19.5 Å². The molecule has 0 saturated heterocycles. The summed E-state index contributed by atoms with van der Waals surface area (Å²) in [4.78, 5) is 15.6. The second-order valence-electron chi connectivity index (χ2n) is 5.96. The van der Waals surface area contributed by atoms with Gasteiger partial charge in [0.1, 0.15) is 11.6 Å². The molecule has 6 nitrogen and oxygen atoms in total. The van der Waals surface area contributed by atoms with Gasteiger partial charge in [-0.15, -0.1) is 0 Å². The molecule has 0 aliphatic carbocycles. The van der Waals surface area contributed by atoms with E-state index in [-0.39, 0.29) is 5.12 Å². The Labute approximate surface area is 167 Å². The molecule has 0 fully saturated rings. The molecular formula is C21H19N3O3S. The molecule has 7 heteroatoms. The van der Waals surface area contributed by atoms with Gasteiger partial charge in [-0.2, -0.15) is 5.26 Å². The predicted molar refractivity (Wildman–Crippen MR) is 111 cm³/mol. The third-order valence-electron chi connectivity index (χ3n) is 4.14. The number of benzene rings is 2. The van der Waals surface area contributed by atoms with E-state index >= 15 is 0 Å². The molecule has 2 aromatic carbocycles. The van der Waals surface area contributed by atoms with E-state index in [0.717, 1.165) is 16.6 Å². The van der Waals surface area contributed by atoms with Gasteiger partial charge in [-0.3, -0.25) is 9.78 Å². The average Bonchev–Trinajstić information content (AvgIpc) is 2.71. The van der Waals surface area contributed by atoms with Crippen molar-refractivity contribution in [2.45, 2.75) is 12.7 Å². The number of methoxy groups -OCH3 is 2. The van der Waals surface area contributed by atoms with Crippen LogP contribution in [0.1, 0.15) is 18.1 Å². The van der Waals surface area contributed by atoms with Gasteiger partial charge >= 0.3 is 0 Å². The maximum Gasteiger partial charge on any atom is 0.187 e. The Balaban J connectivity index is 2.06. The first-order chi connectivity index (χ1) is 13.6. The molecule has 0 amide bonds. The molecule has 0 atom stereocenters. The number of hydrogen-bond donors (Lipinski definition) is 1. The lowest BCUT2D eigenvalue weighted by atomic mass is 10.1. The Morgan fingerprint density at radius 3 is 2.75 bits per heavy atom. The SMILES string of the molecule is COc1ccc2c(Nc3cccc(CSC(C)=O)c3)c(C#N)cnc2c1OC. The number of nitriles is 1. The van der Waals surface area contributed by atoms with Gasteiger partial charge in [0.2, 0.25) is 0 Å². The molecule has 1 aromatic heterocycles. The number of carbonyl (C=O) groups is 1. The summed E-state index contributed by atoms with van der Waals surface area (Å²) in [5.41, 5.74) is 3.50. The first-order valence-corrected chi connectivity index (χ1v) is 9.49. The predicted octanol–water partition coefficient (Wildman–Crippen LogP) is 4.65. The molecule has 0 saturated carbocycles. The fraction of sp³-hybridized carbons (Fsp3) is 0.190. The summed E-state index contributed by atoms with van der Waals surface area (Å²) in [5.74, 6) is 1.68. The van der Waals surface area contributed by atoms with E-state index in [4.69, 9.17) is 9.47 Å². The average molecular weight is 393 g/mol. The van der Waals surface area contributed by atoms with Gasteiger partial charge in [0, 0.05) is 29.9 Å². The summed E-state index contributed by atoms with van der Waals surface area (Å²) >= 11 is 1.26. The molecule has 28 heavy (non-hydrogen) atoms. The van der Waals surface area contributed by atoms with Crippen molar-refractivity contribution < 1.29 is 14.3 Å². The molecule has 3 rings (SSSR count). The number of ether oxygens (including phenoxy) is 2. The molecule has 142 valence electrons. The Morgan fingerprint density at radius 2 is 2.07 bits per heavy atom. The van der Waals surface area contributed by atoms with Gasteiger partial charge in [-0.1, -0.05) is 23.9 Å². The summed E-state index contributed by atoms with van der Waals surface area (Å²) in [7, 11) is 3.12. The number of fused-ring (bicyclic) bond motifs is 1. The van der Waals surface area contributed by atoms with Gasteiger partial charge < -0.3 is 14.8 Å². The zero-order valence-electron chi connectivity index (χ0n) is 15.8. The van der Waals surface area contributed by atoms with Crippen molar-refractivity contribution in [3.05, 3.63) is 53.7 Å². The number of carbonyl (C=O) groups excluding carboxylic acids is 1. The smallest absolute Gasteiger partial charge is 0.187 e. The van der Waals surface area contributed by atoms with Crippen molar-refractivity contribution in [3.63, 3.8) is 0 Å². The molecule has 1 heterocycles. The maximum atomic E-state index is 11.2. The Kier molecular flexibility index (Phi) is 6.02. The highest BCUT2D eigenvalue weighted by atomic mass is 32.2. The molecule has 0 spiro atoms. The fourth-order valence-electron chi connectivity index (χ4n) is 2.87. The van der Waals surface area contributed by atoms with Crippen molar-refractivity contribution >= 4 is 39.2 Å². The van der Waals surface area contributed by atoms with Crippen molar-refractivity contribution in [3.8, 4) is 17.6 Å². The minimum atomic E-state index is 0.0753. The van der Waals surface area contributed by atoms with Crippen LogP contribution in [0.2, 0.25) is 0 Å². The summed E-state index contributed by atoms with van der Waals surface area (Å²) in [5, 5.41) is 13.7. The van der Waals surface area contributed by atoms with Crippen LogP contribution in [0.5, 0.6) is 11.5 Å². The standard InChI is InChI=1S/C21H19N3O3S/c1-13(25)28-12-14-5-4-6-16(9-14)24-19-15(10-22)11-23-20-17(19)7-8-18(26-2)21(20)27-3/h4-9,11H,12H2,1-3H3,(H,23,24). The highest BCUT2D eigenvalue weighted by molar-refractivity contribution is 8.12. The number of aromatic nitrogens is 1. The number of nitrogens with one attached hydrogen (secondary N) is 1. The van der Waals surface area contributed by atoms with Gasteiger partial charge in [0.15, 0.2) is 16.6 Å². The quantitative estimate of drug-likeness (QED) is 0.653. The lowest BCUT2D eigenvalue weighted by molar-refractivity contribution is -0.109. The molecule has 0 bridgehead atoms. The second-order valence-corrected chi connectivity index (χ2v) is 7.11. The molecule has 3 aromatic rings. The van der Waals surface area contributed by atoms with Crippen LogP contribution >= 0.6 is 11.8 Å². The van der Waals surface area contributed by atoms with Crippen LogP contribution in [0.3, 0.4) is 0 Å². The van der Waals surface area contributed by atoms with Crippen LogP contribution in [-0.4, -0.2) is 24.3 Å². The Bertz CT molecular complexity index is 1080. The van der Waals surface area contributed by atoms with Gasteiger partial charge in [-0.25, -0.2) is 0 Å². The van der Waals surface area contributed by atoms with Crippen LogP contribution in [0.4, 0.5) is 11.4 Å². The van der Waals surface area contributed by atoms with E-state index in [2.05, 4.69) is 16.4 Å². The highest BCUT2D eigenvalue weighted by Gasteiger charge is 2.16. The lowest BCUT2D eigenvalue weighted by Gasteiger charge is -2.15. The zero-order chi connectivity index (χ0) is 20.1. The summed E-state index contributed by atoms with van der Waals surface area (Å²) in [6.45, 7) is 1.55. The molecule has 0 radical (unpaired) electrons. The van der Waals surface area contributed by atoms with E-state index in [1.807, 2.05) is 30.3 Å². The molecular weight excluding hydrogens is 374 g/mol. The van der Waals surface area contributed by atoms with E-state index in [9.17, 15) is 10.1 Å². The Morgan fingerprint density at radius 1 is 1.25 bits per heavy atom. The van der Waals surface area contributed by atoms with Crippen molar-refractivity contribution in [2.24, 2.45) is 0 Å².